The molecule has 1 aliphatic heterocycles. The third kappa shape index (κ3) is 4.80. The molecule has 0 unspecified atom stereocenters. The molecule has 1 aromatic heterocycles. The first-order valence-corrected chi connectivity index (χ1v) is 11.4. The summed E-state index contributed by atoms with van der Waals surface area (Å²) in [5.41, 5.74) is 5.22. The standard InChI is InChI=1S/C24H26ClN3O5/c1-14-20-18(26-27-22(29)16-5-3-6-17(25)13-16)7-4-8-19(20)33-21(14)23(30)28-11-9-15(10-12-28)24(31)32-2/h3,5-6,13,15H,4,7-12H2,1-2H3,(H,27,29)/b26-18+. The molecule has 2 aromatic rings. The maximum absolute atomic E-state index is 13.2. The number of carbonyl (C=O) groups is 3. The van der Waals surface area contributed by atoms with E-state index in [1.165, 1.54) is 7.11 Å². The number of amides is 2. The molecule has 174 valence electrons. The number of hydrazone groups is 1. The molecule has 1 aliphatic carbocycles. The molecule has 0 saturated carbocycles. The van der Waals surface area contributed by atoms with Crippen molar-refractivity contribution in [2.45, 2.75) is 39.0 Å². The zero-order chi connectivity index (χ0) is 23.5. The van der Waals surface area contributed by atoms with Crippen molar-refractivity contribution < 1.29 is 23.5 Å². The van der Waals surface area contributed by atoms with Crippen LogP contribution in [0.25, 0.3) is 0 Å². The summed E-state index contributed by atoms with van der Waals surface area (Å²) in [5, 5.41) is 4.82. The van der Waals surface area contributed by atoms with E-state index in [0.717, 1.165) is 17.5 Å². The molecule has 9 heteroatoms. The van der Waals surface area contributed by atoms with Crippen molar-refractivity contribution >= 4 is 35.1 Å². The number of piperidine rings is 1. The molecule has 1 aromatic carbocycles. The number of halogens is 1. The molecule has 0 spiro atoms. The largest absolute Gasteiger partial charge is 0.469 e. The van der Waals surface area contributed by atoms with Crippen LogP contribution in [0.15, 0.2) is 33.8 Å². The molecule has 1 fully saturated rings. The molecular weight excluding hydrogens is 446 g/mol. The van der Waals surface area contributed by atoms with Gasteiger partial charge in [-0.3, -0.25) is 14.4 Å². The number of aryl methyl sites for hydroxylation is 1. The molecule has 0 bridgehead atoms. The third-order valence-corrected chi connectivity index (χ3v) is 6.45. The van der Waals surface area contributed by atoms with Gasteiger partial charge < -0.3 is 14.1 Å². The lowest BCUT2D eigenvalue weighted by Gasteiger charge is -2.30. The van der Waals surface area contributed by atoms with Gasteiger partial charge in [-0.1, -0.05) is 17.7 Å². The third-order valence-electron chi connectivity index (χ3n) is 6.22. The minimum absolute atomic E-state index is 0.174. The van der Waals surface area contributed by atoms with E-state index >= 15 is 0 Å². The molecule has 0 radical (unpaired) electrons. The summed E-state index contributed by atoms with van der Waals surface area (Å²) in [6.07, 6.45) is 3.32. The number of esters is 1. The van der Waals surface area contributed by atoms with E-state index in [0.29, 0.717) is 66.6 Å². The quantitative estimate of drug-likeness (QED) is 0.540. The highest BCUT2D eigenvalue weighted by Crippen LogP contribution is 2.31. The Bertz CT molecular complexity index is 1120. The number of fused-ring (bicyclic) bond motifs is 1. The number of rotatable bonds is 4. The number of nitrogens with zero attached hydrogens (tertiary/aromatic N) is 2. The lowest BCUT2D eigenvalue weighted by Crippen LogP contribution is -2.40. The van der Waals surface area contributed by atoms with E-state index < -0.39 is 0 Å². The fourth-order valence-corrected chi connectivity index (χ4v) is 4.62. The Morgan fingerprint density at radius 2 is 1.97 bits per heavy atom. The number of hydrogen-bond acceptors (Lipinski definition) is 6. The fourth-order valence-electron chi connectivity index (χ4n) is 4.43. The first kappa shape index (κ1) is 23.0. The maximum Gasteiger partial charge on any atom is 0.308 e. The summed E-state index contributed by atoms with van der Waals surface area (Å²) in [7, 11) is 1.38. The Balaban J connectivity index is 1.50. The van der Waals surface area contributed by atoms with Crippen LogP contribution in [0.2, 0.25) is 5.02 Å². The number of carbonyl (C=O) groups excluding carboxylic acids is 3. The van der Waals surface area contributed by atoms with Gasteiger partial charge in [0.2, 0.25) is 0 Å². The van der Waals surface area contributed by atoms with Crippen LogP contribution < -0.4 is 5.43 Å². The van der Waals surface area contributed by atoms with Crippen molar-refractivity contribution in [3.63, 3.8) is 0 Å². The van der Waals surface area contributed by atoms with E-state index in [1.54, 1.807) is 29.2 Å². The van der Waals surface area contributed by atoms with Gasteiger partial charge in [0.25, 0.3) is 11.8 Å². The number of nitrogens with one attached hydrogen (secondary N) is 1. The zero-order valence-electron chi connectivity index (χ0n) is 18.7. The number of furan rings is 1. The smallest absolute Gasteiger partial charge is 0.308 e. The Morgan fingerprint density at radius 1 is 1.21 bits per heavy atom. The van der Waals surface area contributed by atoms with Gasteiger partial charge in [-0.15, -0.1) is 0 Å². The van der Waals surface area contributed by atoms with E-state index in [4.69, 9.17) is 20.8 Å². The van der Waals surface area contributed by atoms with Gasteiger partial charge in [-0.05, 0) is 50.8 Å². The number of likely N-dealkylation sites (tertiary alicyclic amines) is 1. The Hall–Kier alpha value is -3.13. The van der Waals surface area contributed by atoms with Crippen molar-refractivity contribution in [3.05, 3.63) is 57.5 Å². The molecule has 8 nitrogen and oxygen atoms in total. The van der Waals surface area contributed by atoms with Crippen molar-refractivity contribution in [1.29, 1.82) is 0 Å². The highest BCUT2D eigenvalue weighted by molar-refractivity contribution is 6.31. The first-order valence-electron chi connectivity index (χ1n) is 11.0. The monoisotopic (exact) mass is 471 g/mol. The Morgan fingerprint density at radius 3 is 2.67 bits per heavy atom. The summed E-state index contributed by atoms with van der Waals surface area (Å²) in [4.78, 5) is 39.1. The first-order chi connectivity index (χ1) is 15.9. The van der Waals surface area contributed by atoms with Gasteiger partial charge in [-0.2, -0.15) is 5.10 Å². The summed E-state index contributed by atoms with van der Waals surface area (Å²) in [6, 6.07) is 6.64. The molecule has 1 saturated heterocycles. The van der Waals surface area contributed by atoms with Crippen molar-refractivity contribution in [2.75, 3.05) is 20.2 Å². The van der Waals surface area contributed by atoms with Crippen LogP contribution in [0, 0.1) is 12.8 Å². The van der Waals surface area contributed by atoms with Crippen LogP contribution in [0.3, 0.4) is 0 Å². The number of benzene rings is 1. The van der Waals surface area contributed by atoms with Gasteiger partial charge in [0, 0.05) is 41.2 Å². The fraction of sp³-hybridized carbons (Fsp3) is 0.417. The molecule has 2 aliphatic rings. The number of methoxy groups -OCH3 is 1. The predicted octanol–water partition coefficient (Wildman–Crippen LogP) is 3.74. The normalized spacial score (nSPS) is 17.5. The van der Waals surface area contributed by atoms with Crippen LogP contribution in [0.4, 0.5) is 0 Å². The predicted molar refractivity (Wildman–Crippen MR) is 122 cm³/mol. The van der Waals surface area contributed by atoms with Gasteiger partial charge in [-0.25, -0.2) is 5.43 Å². The molecular formula is C24H26ClN3O5. The minimum Gasteiger partial charge on any atom is -0.469 e. The second-order valence-corrected chi connectivity index (χ2v) is 8.74. The average Bonchev–Trinajstić information content (AvgIpc) is 3.18. The van der Waals surface area contributed by atoms with E-state index in [9.17, 15) is 14.4 Å². The van der Waals surface area contributed by atoms with Crippen molar-refractivity contribution in [2.24, 2.45) is 11.0 Å². The van der Waals surface area contributed by atoms with Crippen LogP contribution in [-0.4, -0.2) is 48.6 Å². The highest BCUT2D eigenvalue weighted by atomic mass is 35.5. The minimum atomic E-state index is -0.358. The van der Waals surface area contributed by atoms with Gasteiger partial charge >= 0.3 is 5.97 Å². The summed E-state index contributed by atoms with van der Waals surface area (Å²) in [6.45, 7) is 2.79. The maximum atomic E-state index is 13.2. The highest BCUT2D eigenvalue weighted by Gasteiger charge is 2.33. The van der Waals surface area contributed by atoms with Gasteiger partial charge in [0.1, 0.15) is 5.76 Å². The summed E-state index contributed by atoms with van der Waals surface area (Å²) in [5.74, 6) is 0.0596. The lowest BCUT2D eigenvalue weighted by atomic mass is 9.93. The number of ether oxygens (including phenoxy) is 1. The Kier molecular flexibility index (Phi) is 6.83. The zero-order valence-corrected chi connectivity index (χ0v) is 19.4. The molecule has 2 amide bonds. The van der Waals surface area contributed by atoms with Crippen molar-refractivity contribution in [3.8, 4) is 0 Å². The van der Waals surface area contributed by atoms with E-state index in [1.807, 2.05) is 6.92 Å². The average molecular weight is 472 g/mol. The van der Waals surface area contributed by atoms with Crippen LogP contribution in [0.5, 0.6) is 0 Å². The SMILES string of the molecule is COC(=O)C1CCN(C(=O)c2oc3c(c2C)/C(=N/NC(=O)c2cccc(Cl)c2)CCC3)CC1. The van der Waals surface area contributed by atoms with Crippen LogP contribution >= 0.6 is 11.6 Å². The molecule has 2 heterocycles. The summed E-state index contributed by atoms with van der Waals surface area (Å²) < 4.78 is 10.8. The van der Waals surface area contributed by atoms with Crippen molar-refractivity contribution in [1.82, 2.24) is 10.3 Å². The summed E-state index contributed by atoms with van der Waals surface area (Å²) >= 11 is 5.97. The lowest BCUT2D eigenvalue weighted by molar-refractivity contribution is -0.146. The molecule has 33 heavy (non-hydrogen) atoms. The second-order valence-electron chi connectivity index (χ2n) is 8.31. The molecule has 1 N–H and O–H groups in total. The Labute approximate surface area is 196 Å². The second kappa shape index (κ2) is 9.79. The van der Waals surface area contributed by atoms with Gasteiger partial charge in [0.15, 0.2) is 5.76 Å². The van der Waals surface area contributed by atoms with Gasteiger partial charge in [0.05, 0.1) is 18.7 Å². The molecule has 4 rings (SSSR count). The number of hydrogen-bond donors (Lipinski definition) is 1. The van der Waals surface area contributed by atoms with Crippen LogP contribution in [-0.2, 0) is 16.0 Å². The van der Waals surface area contributed by atoms with E-state index in [2.05, 4.69) is 10.5 Å². The van der Waals surface area contributed by atoms with Crippen LogP contribution in [0.1, 0.15) is 63.5 Å². The van der Waals surface area contributed by atoms with E-state index in [-0.39, 0.29) is 23.7 Å². The topological polar surface area (TPSA) is 101 Å². The molecule has 0 atom stereocenters.